The number of aliphatic hydroxyl groups excluding tert-OH is 1. The minimum atomic E-state index is -3.40. The monoisotopic (exact) mass is 246 g/mol. The lowest BCUT2D eigenvalue weighted by Crippen LogP contribution is -2.27. The third kappa shape index (κ3) is 2.80. The number of hydrogen-bond acceptors (Lipinski definition) is 3. The second-order valence-corrected chi connectivity index (χ2v) is 6.01. The molecule has 1 N–H and O–H groups in total. The predicted octanol–water partition coefficient (Wildman–Crippen LogP) is 1.68. The van der Waals surface area contributed by atoms with Crippen molar-refractivity contribution < 1.29 is 17.9 Å². The maximum Gasteiger partial charge on any atom is 0.153 e. The Balaban J connectivity index is 3.10. The van der Waals surface area contributed by atoms with Gasteiger partial charge in [-0.1, -0.05) is 25.1 Å². The first-order valence-electron chi connectivity index (χ1n) is 4.99. The highest BCUT2D eigenvalue weighted by Gasteiger charge is 2.29. The SMILES string of the molecule is CC[C@H]([C@@H](O)c1ccccc1F)S(C)(=O)=O. The van der Waals surface area contributed by atoms with Gasteiger partial charge < -0.3 is 5.11 Å². The molecule has 0 saturated carbocycles. The van der Waals surface area contributed by atoms with Crippen LogP contribution in [0.15, 0.2) is 24.3 Å². The van der Waals surface area contributed by atoms with E-state index in [4.69, 9.17) is 0 Å². The predicted molar refractivity (Wildman–Crippen MR) is 60.3 cm³/mol. The Morgan fingerprint density at radius 3 is 2.38 bits per heavy atom. The number of rotatable bonds is 4. The van der Waals surface area contributed by atoms with Gasteiger partial charge in [-0.25, -0.2) is 12.8 Å². The van der Waals surface area contributed by atoms with Crippen molar-refractivity contribution in [1.82, 2.24) is 0 Å². The van der Waals surface area contributed by atoms with E-state index in [0.717, 1.165) is 6.26 Å². The highest BCUT2D eigenvalue weighted by atomic mass is 32.2. The Labute approximate surface area is 94.8 Å². The van der Waals surface area contributed by atoms with Gasteiger partial charge in [-0.05, 0) is 12.5 Å². The van der Waals surface area contributed by atoms with Gasteiger partial charge in [0.25, 0.3) is 0 Å². The fourth-order valence-corrected chi connectivity index (χ4v) is 2.90. The molecule has 0 fully saturated rings. The van der Waals surface area contributed by atoms with Crippen LogP contribution in [-0.2, 0) is 9.84 Å². The van der Waals surface area contributed by atoms with Gasteiger partial charge in [0.05, 0.1) is 11.4 Å². The molecule has 0 radical (unpaired) electrons. The maximum absolute atomic E-state index is 13.4. The van der Waals surface area contributed by atoms with Crippen LogP contribution in [0, 0.1) is 5.82 Å². The van der Waals surface area contributed by atoms with E-state index in [1.165, 1.54) is 18.2 Å². The molecular formula is C11H15FO3S. The van der Waals surface area contributed by atoms with Gasteiger partial charge in [0.2, 0.25) is 0 Å². The molecule has 2 atom stereocenters. The highest BCUT2D eigenvalue weighted by molar-refractivity contribution is 7.91. The van der Waals surface area contributed by atoms with E-state index < -0.39 is 27.0 Å². The van der Waals surface area contributed by atoms with E-state index in [1.807, 2.05) is 0 Å². The third-order valence-corrected chi connectivity index (χ3v) is 4.22. The molecule has 0 saturated heterocycles. The maximum atomic E-state index is 13.4. The number of sulfone groups is 1. The zero-order valence-corrected chi connectivity index (χ0v) is 10.0. The first-order valence-corrected chi connectivity index (χ1v) is 6.94. The van der Waals surface area contributed by atoms with Gasteiger partial charge in [-0.15, -0.1) is 0 Å². The Morgan fingerprint density at radius 2 is 1.94 bits per heavy atom. The number of hydrogen-bond donors (Lipinski definition) is 1. The Bertz CT molecular complexity index is 456. The van der Waals surface area contributed by atoms with Gasteiger partial charge in [0, 0.05) is 11.8 Å². The minimum absolute atomic E-state index is 0.0276. The fourth-order valence-electron chi connectivity index (χ4n) is 1.68. The van der Waals surface area contributed by atoms with E-state index >= 15 is 0 Å². The highest BCUT2D eigenvalue weighted by Crippen LogP contribution is 2.25. The van der Waals surface area contributed by atoms with Crippen LogP contribution in [0.1, 0.15) is 25.0 Å². The summed E-state index contributed by atoms with van der Waals surface area (Å²) in [4.78, 5) is 0. The molecule has 0 aliphatic heterocycles. The lowest BCUT2D eigenvalue weighted by Gasteiger charge is -2.20. The standard InChI is InChI=1S/C11H15FO3S/c1-3-10(16(2,14)15)11(13)8-6-4-5-7-9(8)12/h4-7,10-11,13H,3H2,1-2H3/t10-,11+/m1/s1. The summed E-state index contributed by atoms with van der Waals surface area (Å²) >= 11 is 0. The lowest BCUT2D eigenvalue weighted by atomic mass is 10.0. The number of benzene rings is 1. The van der Waals surface area contributed by atoms with E-state index in [0.29, 0.717) is 0 Å². The quantitative estimate of drug-likeness (QED) is 0.879. The normalized spacial score (nSPS) is 15.8. The van der Waals surface area contributed by atoms with Crippen LogP contribution >= 0.6 is 0 Å². The van der Waals surface area contributed by atoms with Crippen molar-refractivity contribution in [2.24, 2.45) is 0 Å². The van der Waals surface area contributed by atoms with Crippen molar-refractivity contribution in [3.63, 3.8) is 0 Å². The molecule has 0 spiro atoms. The van der Waals surface area contributed by atoms with Gasteiger partial charge >= 0.3 is 0 Å². The summed E-state index contributed by atoms with van der Waals surface area (Å²) in [6, 6.07) is 5.66. The van der Waals surface area contributed by atoms with Crippen LogP contribution in [0.25, 0.3) is 0 Å². The first-order chi connectivity index (χ1) is 7.38. The van der Waals surface area contributed by atoms with Gasteiger partial charge in [-0.2, -0.15) is 0 Å². The summed E-state index contributed by atoms with van der Waals surface area (Å²) in [5, 5.41) is 8.91. The average Bonchev–Trinajstić information content (AvgIpc) is 2.17. The zero-order valence-electron chi connectivity index (χ0n) is 9.22. The average molecular weight is 246 g/mol. The van der Waals surface area contributed by atoms with Gasteiger partial charge in [0.1, 0.15) is 5.82 Å². The van der Waals surface area contributed by atoms with E-state index in [9.17, 15) is 17.9 Å². The van der Waals surface area contributed by atoms with Gasteiger partial charge in [0.15, 0.2) is 9.84 Å². The summed E-state index contributed by atoms with van der Waals surface area (Å²) < 4.78 is 36.2. The molecule has 0 bridgehead atoms. The van der Waals surface area contributed by atoms with Crippen LogP contribution in [0.3, 0.4) is 0 Å². The Hall–Kier alpha value is -0.940. The van der Waals surface area contributed by atoms with Crippen molar-refractivity contribution in [1.29, 1.82) is 0 Å². The second kappa shape index (κ2) is 4.93. The topological polar surface area (TPSA) is 54.4 Å². The Kier molecular flexibility index (Phi) is 4.04. The van der Waals surface area contributed by atoms with Crippen molar-refractivity contribution in [2.45, 2.75) is 24.7 Å². The summed E-state index contributed by atoms with van der Waals surface area (Å²) in [7, 11) is -3.40. The van der Waals surface area contributed by atoms with Crippen LogP contribution in [0.5, 0.6) is 0 Å². The zero-order chi connectivity index (χ0) is 12.3. The number of aliphatic hydroxyl groups is 1. The van der Waals surface area contributed by atoms with Crippen molar-refractivity contribution in [2.75, 3.05) is 6.26 Å². The van der Waals surface area contributed by atoms with Crippen molar-refractivity contribution >= 4 is 9.84 Å². The van der Waals surface area contributed by atoms with Crippen molar-refractivity contribution in [3.8, 4) is 0 Å². The van der Waals surface area contributed by atoms with E-state index in [1.54, 1.807) is 13.0 Å². The summed E-state index contributed by atoms with van der Waals surface area (Å²) in [6.07, 6.45) is -0.0271. The molecule has 0 heterocycles. The second-order valence-electron chi connectivity index (χ2n) is 3.74. The van der Waals surface area contributed by atoms with E-state index in [-0.39, 0.29) is 12.0 Å². The molecule has 0 aromatic heterocycles. The summed E-state index contributed by atoms with van der Waals surface area (Å²) in [5.41, 5.74) is 0.0276. The first kappa shape index (κ1) is 13.1. The molecular weight excluding hydrogens is 231 g/mol. The van der Waals surface area contributed by atoms with E-state index in [2.05, 4.69) is 0 Å². The summed E-state index contributed by atoms with van der Waals surface area (Å²) in [6.45, 7) is 1.65. The van der Waals surface area contributed by atoms with Gasteiger partial charge in [-0.3, -0.25) is 0 Å². The molecule has 0 aliphatic rings. The van der Waals surface area contributed by atoms with Crippen molar-refractivity contribution in [3.05, 3.63) is 35.6 Å². The largest absolute Gasteiger partial charge is 0.387 e. The molecule has 1 aromatic carbocycles. The molecule has 1 aromatic rings. The molecule has 0 unspecified atom stereocenters. The minimum Gasteiger partial charge on any atom is -0.387 e. The van der Waals surface area contributed by atoms with Crippen LogP contribution in [0.4, 0.5) is 4.39 Å². The molecule has 5 heteroatoms. The van der Waals surface area contributed by atoms with Crippen LogP contribution < -0.4 is 0 Å². The molecule has 0 amide bonds. The number of halogens is 1. The lowest BCUT2D eigenvalue weighted by molar-refractivity contribution is 0.164. The van der Waals surface area contributed by atoms with Crippen LogP contribution in [-0.4, -0.2) is 25.0 Å². The van der Waals surface area contributed by atoms with Crippen LogP contribution in [0.2, 0.25) is 0 Å². The fraction of sp³-hybridized carbons (Fsp3) is 0.455. The molecule has 3 nitrogen and oxygen atoms in total. The molecule has 1 rings (SSSR count). The smallest absolute Gasteiger partial charge is 0.153 e. The third-order valence-electron chi connectivity index (χ3n) is 2.53. The Morgan fingerprint density at radius 1 is 1.38 bits per heavy atom. The molecule has 0 aliphatic carbocycles. The molecule has 90 valence electrons. The molecule has 16 heavy (non-hydrogen) atoms. The summed E-state index contributed by atoms with van der Waals surface area (Å²) in [5.74, 6) is -0.586.